The molecule has 2 N–H and O–H groups in total. The Kier molecular flexibility index (Phi) is 2.86. The molecule has 0 radical (unpaired) electrons. The highest BCUT2D eigenvalue weighted by atomic mass is 32.2. The van der Waals surface area contributed by atoms with Gasteiger partial charge >= 0.3 is 0 Å². The number of benzene rings is 1. The van der Waals surface area contributed by atoms with E-state index in [1.807, 2.05) is 0 Å². The Balaban J connectivity index is 2.86. The molecule has 0 aliphatic rings. The first-order valence-electron chi connectivity index (χ1n) is 3.09. The number of halogens is 3. The van der Waals surface area contributed by atoms with E-state index in [0.717, 1.165) is 6.07 Å². The van der Waals surface area contributed by atoms with E-state index in [1.54, 1.807) is 0 Å². The first-order chi connectivity index (χ1) is 5.59. The standard InChI is InChI=1S/C7H6F3NS/c8-5-3-4(11)1-2-6(5)12-7(9)10/h1-3,7H,11H2. The molecule has 5 heteroatoms. The van der Waals surface area contributed by atoms with Crippen molar-refractivity contribution in [3.8, 4) is 0 Å². The largest absolute Gasteiger partial charge is 0.399 e. The Labute approximate surface area is 71.8 Å². The summed E-state index contributed by atoms with van der Waals surface area (Å²) in [6, 6.07) is 3.64. The van der Waals surface area contributed by atoms with Crippen LogP contribution in [0, 0.1) is 5.82 Å². The topological polar surface area (TPSA) is 26.0 Å². The molecule has 12 heavy (non-hydrogen) atoms. The maximum Gasteiger partial charge on any atom is 0.289 e. The molecule has 0 aromatic heterocycles. The highest BCUT2D eigenvalue weighted by molar-refractivity contribution is 7.99. The van der Waals surface area contributed by atoms with Gasteiger partial charge in [0.25, 0.3) is 5.76 Å². The third-order valence-electron chi connectivity index (χ3n) is 1.17. The molecule has 0 spiro atoms. The van der Waals surface area contributed by atoms with Crippen LogP contribution >= 0.6 is 11.8 Å². The van der Waals surface area contributed by atoms with Crippen LogP contribution in [0.4, 0.5) is 18.9 Å². The smallest absolute Gasteiger partial charge is 0.289 e. The van der Waals surface area contributed by atoms with Gasteiger partial charge in [-0.05, 0) is 18.2 Å². The second kappa shape index (κ2) is 3.71. The Morgan fingerprint density at radius 2 is 2.00 bits per heavy atom. The lowest BCUT2D eigenvalue weighted by molar-refractivity contribution is 0.251. The Hall–Kier alpha value is -0.840. The van der Waals surface area contributed by atoms with Crippen LogP contribution in [0.2, 0.25) is 0 Å². The van der Waals surface area contributed by atoms with Crippen molar-refractivity contribution in [2.24, 2.45) is 0 Å². The lowest BCUT2D eigenvalue weighted by atomic mass is 10.3. The highest BCUT2D eigenvalue weighted by Gasteiger charge is 2.09. The van der Waals surface area contributed by atoms with Crippen molar-refractivity contribution in [3.63, 3.8) is 0 Å². The van der Waals surface area contributed by atoms with Crippen LogP contribution in [0.3, 0.4) is 0 Å². The summed E-state index contributed by atoms with van der Waals surface area (Å²) >= 11 is 0.170. The summed E-state index contributed by atoms with van der Waals surface area (Å²) in [5.41, 5.74) is 5.45. The molecule has 0 saturated heterocycles. The van der Waals surface area contributed by atoms with Gasteiger partial charge in [0, 0.05) is 10.6 Å². The molecular weight excluding hydrogens is 187 g/mol. The highest BCUT2D eigenvalue weighted by Crippen LogP contribution is 2.28. The molecule has 1 aromatic rings. The fraction of sp³-hybridized carbons (Fsp3) is 0.143. The van der Waals surface area contributed by atoms with Gasteiger partial charge in [-0.2, -0.15) is 8.78 Å². The van der Waals surface area contributed by atoms with E-state index in [-0.39, 0.29) is 22.3 Å². The summed E-state index contributed by atoms with van der Waals surface area (Å²) in [7, 11) is 0. The molecule has 1 rings (SSSR count). The minimum atomic E-state index is -2.61. The van der Waals surface area contributed by atoms with Gasteiger partial charge < -0.3 is 5.73 Å². The molecule has 0 bridgehead atoms. The molecule has 0 heterocycles. The zero-order valence-electron chi connectivity index (χ0n) is 5.93. The zero-order chi connectivity index (χ0) is 9.14. The summed E-state index contributed by atoms with van der Waals surface area (Å²) in [5.74, 6) is -3.32. The van der Waals surface area contributed by atoms with Gasteiger partial charge in [0.15, 0.2) is 0 Å². The predicted molar refractivity (Wildman–Crippen MR) is 42.7 cm³/mol. The molecule has 66 valence electrons. The van der Waals surface area contributed by atoms with Gasteiger partial charge in [0.2, 0.25) is 0 Å². The van der Waals surface area contributed by atoms with Gasteiger partial charge in [0.1, 0.15) is 5.82 Å². The van der Waals surface area contributed by atoms with Crippen LogP contribution in [0.15, 0.2) is 23.1 Å². The maximum atomic E-state index is 12.8. The quantitative estimate of drug-likeness (QED) is 0.577. The van der Waals surface area contributed by atoms with Gasteiger partial charge in [-0.1, -0.05) is 11.8 Å². The Morgan fingerprint density at radius 1 is 1.33 bits per heavy atom. The SMILES string of the molecule is Nc1ccc(SC(F)F)c(F)c1. The summed E-state index contributed by atoms with van der Waals surface area (Å²) < 4.78 is 36.3. The predicted octanol–water partition coefficient (Wildman–Crippen LogP) is 2.72. The second-order valence-electron chi connectivity index (χ2n) is 2.07. The monoisotopic (exact) mass is 193 g/mol. The molecule has 0 saturated carbocycles. The minimum absolute atomic E-state index is 0.0841. The Bertz CT molecular complexity index is 277. The number of alkyl halides is 2. The second-order valence-corrected chi connectivity index (χ2v) is 3.10. The van der Waals surface area contributed by atoms with Crippen molar-refractivity contribution >= 4 is 17.4 Å². The van der Waals surface area contributed by atoms with E-state index in [9.17, 15) is 13.2 Å². The van der Waals surface area contributed by atoms with E-state index < -0.39 is 11.6 Å². The van der Waals surface area contributed by atoms with E-state index in [4.69, 9.17) is 5.73 Å². The van der Waals surface area contributed by atoms with Crippen LogP contribution in [0.5, 0.6) is 0 Å². The zero-order valence-corrected chi connectivity index (χ0v) is 6.75. The third-order valence-corrected chi connectivity index (χ3v) is 1.94. The van der Waals surface area contributed by atoms with E-state index in [1.165, 1.54) is 12.1 Å². The van der Waals surface area contributed by atoms with Gasteiger partial charge in [0.05, 0.1) is 0 Å². The van der Waals surface area contributed by atoms with Crippen molar-refractivity contribution in [1.82, 2.24) is 0 Å². The molecule has 0 unspecified atom stereocenters. The molecule has 0 fully saturated rings. The maximum absolute atomic E-state index is 12.8. The molecular formula is C7H6F3NS. The normalized spacial score (nSPS) is 10.7. The number of hydrogen-bond acceptors (Lipinski definition) is 2. The molecule has 1 aromatic carbocycles. The van der Waals surface area contributed by atoms with Crippen LogP contribution < -0.4 is 5.73 Å². The van der Waals surface area contributed by atoms with E-state index in [2.05, 4.69) is 0 Å². The number of nitrogens with two attached hydrogens (primary N) is 1. The molecule has 0 amide bonds. The first kappa shape index (κ1) is 9.25. The molecule has 0 atom stereocenters. The van der Waals surface area contributed by atoms with Crippen molar-refractivity contribution in [1.29, 1.82) is 0 Å². The Morgan fingerprint density at radius 3 is 2.50 bits per heavy atom. The van der Waals surface area contributed by atoms with Gasteiger partial charge in [-0.25, -0.2) is 4.39 Å². The van der Waals surface area contributed by atoms with Crippen molar-refractivity contribution in [3.05, 3.63) is 24.0 Å². The lowest BCUT2D eigenvalue weighted by Gasteiger charge is -2.01. The van der Waals surface area contributed by atoms with Crippen molar-refractivity contribution in [2.75, 3.05) is 5.73 Å². The fourth-order valence-corrected chi connectivity index (χ4v) is 1.22. The van der Waals surface area contributed by atoms with E-state index >= 15 is 0 Å². The molecule has 1 nitrogen and oxygen atoms in total. The van der Waals surface area contributed by atoms with Crippen LogP contribution in [0.1, 0.15) is 0 Å². The average Bonchev–Trinajstić information content (AvgIpc) is 1.94. The number of anilines is 1. The van der Waals surface area contributed by atoms with Gasteiger partial charge in [-0.15, -0.1) is 0 Å². The number of thioether (sulfide) groups is 1. The summed E-state index contributed by atoms with van der Waals surface area (Å²) in [6.07, 6.45) is 0. The van der Waals surface area contributed by atoms with Crippen molar-refractivity contribution in [2.45, 2.75) is 10.7 Å². The summed E-state index contributed by atoms with van der Waals surface area (Å²) in [6.45, 7) is 0. The lowest BCUT2D eigenvalue weighted by Crippen LogP contribution is -1.90. The fourth-order valence-electron chi connectivity index (χ4n) is 0.709. The summed E-state index contributed by atoms with van der Waals surface area (Å²) in [4.78, 5) is -0.0841. The number of hydrogen-bond donors (Lipinski definition) is 1. The third kappa shape index (κ3) is 2.34. The molecule has 0 aliphatic heterocycles. The molecule has 0 aliphatic carbocycles. The van der Waals surface area contributed by atoms with E-state index in [0.29, 0.717) is 0 Å². The summed E-state index contributed by atoms with van der Waals surface area (Å²) in [5, 5.41) is 0. The van der Waals surface area contributed by atoms with Crippen LogP contribution in [-0.2, 0) is 0 Å². The van der Waals surface area contributed by atoms with Crippen LogP contribution in [0.25, 0.3) is 0 Å². The first-order valence-corrected chi connectivity index (χ1v) is 3.97. The average molecular weight is 193 g/mol. The van der Waals surface area contributed by atoms with Gasteiger partial charge in [-0.3, -0.25) is 0 Å². The van der Waals surface area contributed by atoms with Crippen LogP contribution in [-0.4, -0.2) is 5.76 Å². The van der Waals surface area contributed by atoms with Crippen molar-refractivity contribution < 1.29 is 13.2 Å². The minimum Gasteiger partial charge on any atom is -0.399 e. The number of rotatable bonds is 2. The number of nitrogen functional groups attached to an aromatic ring is 1.